The average molecular weight is 345 g/mol. The largest absolute Gasteiger partial charge is 0.365 e. The summed E-state index contributed by atoms with van der Waals surface area (Å²) < 4.78 is 5.08. The maximum Gasteiger partial charge on any atom is 0.255 e. The van der Waals surface area contributed by atoms with Gasteiger partial charge in [0.05, 0.1) is 12.1 Å². The summed E-state index contributed by atoms with van der Waals surface area (Å²) in [5.41, 5.74) is 1.72. The summed E-state index contributed by atoms with van der Waals surface area (Å²) in [6.45, 7) is 9.15. The highest BCUT2D eigenvalue weighted by Crippen LogP contribution is 2.20. The van der Waals surface area contributed by atoms with Crippen LogP contribution >= 0.6 is 0 Å². The van der Waals surface area contributed by atoms with Crippen molar-refractivity contribution in [1.82, 2.24) is 24.9 Å². The van der Waals surface area contributed by atoms with E-state index < -0.39 is 0 Å². The third kappa shape index (κ3) is 4.10. The van der Waals surface area contributed by atoms with E-state index in [4.69, 9.17) is 4.52 Å². The van der Waals surface area contributed by atoms with Gasteiger partial charge in [-0.05, 0) is 38.8 Å². The molecule has 1 aliphatic heterocycles. The molecule has 1 atom stereocenters. The highest BCUT2D eigenvalue weighted by atomic mass is 16.5. The van der Waals surface area contributed by atoms with Crippen LogP contribution in [0.2, 0.25) is 0 Å². The second kappa shape index (κ2) is 7.82. The van der Waals surface area contributed by atoms with Crippen LogP contribution in [0.25, 0.3) is 0 Å². The molecule has 7 heteroatoms. The molecule has 1 fully saturated rings. The smallest absolute Gasteiger partial charge is 0.255 e. The van der Waals surface area contributed by atoms with Crippen molar-refractivity contribution in [3.63, 3.8) is 0 Å². The molecule has 1 amide bonds. The Bertz CT molecular complexity index is 708. The molecule has 0 spiro atoms. The predicted octanol–water partition coefficient (Wildman–Crippen LogP) is 2.53. The van der Waals surface area contributed by atoms with Crippen LogP contribution in [0.4, 0.5) is 0 Å². The van der Waals surface area contributed by atoms with Gasteiger partial charge in [-0.1, -0.05) is 12.1 Å². The summed E-state index contributed by atoms with van der Waals surface area (Å²) in [6.07, 6.45) is 4.90. The Labute approximate surface area is 148 Å². The molecule has 0 radical (unpaired) electrons. The Morgan fingerprint density at radius 1 is 1.40 bits per heavy atom. The molecule has 25 heavy (non-hydrogen) atoms. The Kier molecular flexibility index (Phi) is 5.53. The van der Waals surface area contributed by atoms with Gasteiger partial charge in [-0.15, -0.1) is 0 Å². The number of carbonyl (C=O) groups is 1. The molecule has 0 bridgehead atoms. The van der Waals surface area contributed by atoms with Gasteiger partial charge in [-0.2, -0.15) is 4.98 Å². The molecule has 1 saturated heterocycles. The average Bonchev–Trinajstić information content (AvgIpc) is 3.12. The van der Waals surface area contributed by atoms with Gasteiger partial charge in [0.1, 0.15) is 0 Å². The lowest BCUT2D eigenvalue weighted by Gasteiger charge is -2.28. The third-order valence-electron chi connectivity index (χ3n) is 5.01. The fourth-order valence-corrected chi connectivity index (χ4v) is 3.59. The molecule has 2 aromatic rings. The molecule has 3 heterocycles. The van der Waals surface area contributed by atoms with Crippen molar-refractivity contribution in [2.24, 2.45) is 0 Å². The molecule has 0 saturated carbocycles. The Morgan fingerprint density at radius 2 is 2.24 bits per heavy atom. The molecule has 1 N–H and O–H groups in total. The van der Waals surface area contributed by atoms with Crippen LogP contribution in [0.3, 0.4) is 0 Å². The SMILES string of the molecule is CCN(Cc1noc(C)n1)[C@H]1CCCN(C(=O)c2cc[nH]c2C)CC1. The standard InChI is InChI=1S/C18H27N5O2/c1-4-22(12-17-20-14(3)25-21-17)15-6-5-10-23(11-8-15)18(24)16-7-9-19-13(16)2/h7,9,15,19H,4-6,8,10-12H2,1-3H3/t15-/m0/s1. The summed E-state index contributed by atoms with van der Waals surface area (Å²) in [6, 6.07) is 2.31. The van der Waals surface area contributed by atoms with E-state index in [1.54, 1.807) is 0 Å². The van der Waals surface area contributed by atoms with Crippen LogP contribution in [-0.4, -0.2) is 56.5 Å². The van der Waals surface area contributed by atoms with E-state index >= 15 is 0 Å². The monoisotopic (exact) mass is 345 g/mol. The summed E-state index contributed by atoms with van der Waals surface area (Å²) in [5, 5.41) is 4.01. The van der Waals surface area contributed by atoms with E-state index in [0.717, 1.165) is 56.0 Å². The van der Waals surface area contributed by atoms with Gasteiger partial charge in [0, 0.05) is 37.9 Å². The molecule has 0 aliphatic carbocycles. The fourth-order valence-electron chi connectivity index (χ4n) is 3.59. The van der Waals surface area contributed by atoms with E-state index in [1.807, 2.05) is 31.0 Å². The van der Waals surface area contributed by atoms with Gasteiger partial charge in [0.15, 0.2) is 5.82 Å². The molecule has 3 rings (SSSR count). The first kappa shape index (κ1) is 17.7. The van der Waals surface area contributed by atoms with Crippen LogP contribution in [-0.2, 0) is 6.54 Å². The van der Waals surface area contributed by atoms with Gasteiger partial charge < -0.3 is 14.4 Å². The number of aromatic nitrogens is 3. The first-order valence-electron chi connectivity index (χ1n) is 9.05. The number of nitrogens with one attached hydrogen (secondary N) is 1. The van der Waals surface area contributed by atoms with Crippen molar-refractivity contribution in [2.45, 2.75) is 52.6 Å². The minimum Gasteiger partial charge on any atom is -0.365 e. The van der Waals surface area contributed by atoms with Gasteiger partial charge in [-0.25, -0.2) is 0 Å². The number of likely N-dealkylation sites (tertiary alicyclic amines) is 1. The lowest BCUT2D eigenvalue weighted by atomic mass is 10.1. The van der Waals surface area contributed by atoms with Gasteiger partial charge >= 0.3 is 0 Å². The molecule has 2 aromatic heterocycles. The maximum absolute atomic E-state index is 12.7. The van der Waals surface area contributed by atoms with E-state index in [9.17, 15) is 4.79 Å². The summed E-state index contributed by atoms with van der Waals surface area (Å²) in [5.74, 6) is 1.47. The van der Waals surface area contributed by atoms with Crippen LogP contribution in [0.15, 0.2) is 16.8 Å². The zero-order valence-corrected chi connectivity index (χ0v) is 15.3. The van der Waals surface area contributed by atoms with Crippen molar-refractivity contribution in [3.05, 3.63) is 35.2 Å². The Morgan fingerprint density at radius 3 is 2.88 bits per heavy atom. The highest BCUT2D eigenvalue weighted by Gasteiger charge is 2.26. The fraction of sp³-hybridized carbons (Fsp3) is 0.611. The zero-order chi connectivity index (χ0) is 17.8. The van der Waals surface area contributed by atoms with E-state index in [-0.39, 0.29) is 5.91 Å². The number of nitrogens with zero attached hydrogens (tertiary/aromatic N) is 4. The number of amides is 1. The minimum absolute atomic E-state index is 0.135. The molecule has 0 aromatic carbocycles. The zero-order valence-electron chi connectivity index (χ0n) is 15.3. The molecular formula is C18H27N5O2. The summed E-state index contributed by atoms with van der Waals surface area (Å²) in [4.78, 5) is 24.5. The second-order valence-electron chi connectivity index (χ2n) is 6.69. The van der Waals surface area contributed by atoms with Gasteiger partial charge in [0.2, 0.25) is 5.89 Å². The number of H-pyrrole nitrogens is 1. The first-order chi connectivity index (χ1) is 12.1. The predicted molar refractivity (Wildman–Crippen MR) is 94.2 cm³/mol. The normalized spacial score (nSPS) is 18.6. The number of aryl methyl sites for hydroxylation is 2. The van der Waals surface area contributed by atoms with Crippen LogP contribution in [0.1, 0.15) is 54.0 Å². The molecule has 0 unspecified atom stereocenters. The molecule has 7 nitrogen and oxygen atoms in total. The highest BCUT2D eigenvalue weighted by molar-refractivity contribution is 5.95. The topological polar surface area (TPSA) is 78.3 Å². The van der Waals surface area contributed by atoms with Crippen molar-refractivity contribution in [1.29, 1.82) is 0 Å². The number of aromatic amines is 1. The van der Waals surface area contributed by atoms with Crippen molar-refractivity contribution < 1.29 is 9.32 Å². The van der Waals surface area contributed by atoms with E-state index in [2.05, 4.69) is 26.9 Å². The molecule has 1 aliphatic rings. The maximum atomic E-state index is 12.7. The minimum atomic E-state index is 0.135. The number of hydrogen-bond acceptors (Lipinski definition) is 5. The quantitative estimate of drug-likeness (QED) is 0.901. The van der Waals surface area contributed by atoms with E-state index in [1.165, 1.54) is 0 Å². The van der Waals surface area contributed by atoms with Crippen LogP contribution < -0.4 is 0 Å². The third-order valence-corrected chi connectivity index (χ3v) is 5.01. The van der Waals surface area contributed by atoms with Crippen molar-refractivity contribution in [2.75, 3.05) is 19.6 Å². The Balaban J connectivity index is 1.62. The summed E-state index contributed by atoms with van der Waals surface area (Å²) >= 11 is 0. The Hall–Kier alpha value is -2.15. The number of carbonyl (C=O) groups excluding carboxylic acids is 1. The number of hydrogen-bond donors (Lipinski definition) is 1. The molecular weight excluding hydrogens is 318 g/mol. The summed E-state index contributed by atoms with van der Waals surface area (Å²) in [7, 11) is 0. The second-order valence-corrected chi connectivity index (χ2v) is 6.69. The lowest BCUT2D eigenvalue weighted by Crippen LogP contribution is -2.37. The van der Waals surface area contributed by atoms with E-state index in [0.29, 0.717) is 18.5 Å². The van der Waals surface area contributed by atoms with Crippen molar-refractivity contribution >= 4 is 5.91 Å². The lowest BCUT2D eigenvalue weighted by molar-refractivity contribution is 0.0755. The van der Waals surface area contributed by atoms with Gasteiger partial charge in [-0.3, -0.25) is 9.69 Å². The molecule has 136 valence electrons. The first-order valence-corrected chi connectivity index (χ1v) is 9.05. The van der Waals surface area contributed by atoms with Gasteiger partial charge in [0.25, 0.3) is 5.91 Å². The van der Waals surface area contributed by atoms with Crippen LogP contribution in [0.5, 0.6) is 0 Å². The number of rotatable bonds is 5. The van der Waals surface area contributed by atoms with Crippen LogP contribution in [0, 0.1) is 13.8 Å². The van der Waals surface area contributed by atoms with Crippen molar-refractivity contribution in [3.8, 4) is 0 Å².